The molecule has 160 valence electrons. The number of imidazole rings is 1. The first-order valence-corrected chi connectivity index (χ1v) is 10.3. The number of urea groups is 1. The van der Waals surface area contributed by atoms with Gasteiger partial charge < -0.3 is 25.3 Å². The average molecular weight is 419 g/mol. The van der Waals surface area contributed by atoms with Crippen molar-refractivity contribution in [2.45, 2.75) is 25.5 Å². The fourth-order valence-electron chi connectivity index (χ4n) is 3.38. The third kappa shape index (κ3) is 5.93. The molecule has 8 heteroatoms. The fraction of sp³-hybridized carbons (Fsp3) is 0.261. The molecule has 3 N–H and O–H groups in total. The van der Waals surface area contributed by atoms with Gasteiger partial charge in [0.25, 0.3) is 5.91 Å². The second-order valence-corrected chi connectivity index (χ2v) is 7.43. The number of hydrogen-bond acceptors (Lipinski definition) is 4. The van der Waals surface area contributed by atoms with Gasteiger partial charge in [0.05, 0.1) is 12.4 Å². The smallest absolute Gasteiger partial charge is 0.319 e. The largest absolute Gasteiger partial charge is 0.376 e. The number of anilines is 2. The highest BCUT2D eigenvalue weighted by Gasteiger charge is 2.16. The minimum absolute atomic E-state index is 0.100. The summed E-state index contributed by atoms with van der Waals surface area (Å²) in [6.07, 6.45) is 7.50. The third-order valence-electron chi connectivity index (χ3n) is 5.06. The standard InChI is InChI=1S/C23H25N5O3/c29-22(18-5-3-17(4-6-18)15-28-12-11-24-16-28)26-19-7-9-20(10-8-19)27-23(30)25-14-21-2-1-13-31-21/h3-12,16,21H,1-2,13-15H2,(H,26,29)(H2,25,27,30). The molecule has 1 aliphatic heterocycles. The number of ether oxygens (including phenoxy) is 1. The van der Waals surface area contributed by atoms with Crippen LogP contribution in [-0.4, -0.2) is 40.7 Å². The zero-order chi connectivity index (χ0) is 21.5. The van der Waals surface area contributed by atoms with Crippen molar-refractivity contribution in [3.8, 4) is 0 Å². The third-order valence-corrected chi connectivity index (χ3v) is 5.06. The maximum atomic E-state index is 12.5. The molecule has 0 radical (unpaired) electrons. The van der Waals surface area contributed by atoms with Crippen LogP contribution in [0.25, 0.3) is 0 Å². The van der Waals surface area contributed by atoms with Crippen molar-refractivity contribution >= 4 is 23.3 Å². The molecule has 0 saturated carbocycles. The van der Waals surface area contributed by atoms with Crippen molar-refractivity contribution in [2.24, 2.45) is 0 Å². The van der Waals surface area contributed by atoms with Crippen molar-refractivity contribution in [3.05, 3.63) is 78.4 Å². The Bertz CT molecular complexity index is 995. The summed E-state index contributed by atoms with van der Waals surface area (Å²) in [6.45, 7) is 1.97. The highest BCUT2D eigenvalue weighted by molar-refractivity contribution is 6.04. The Labute approximate surface area is 180 Å². The number of carbonyl (C=O) groups excluding carboxylic acids is 2. The first-order chi connectivity index (χ1) is 15.2. The van der Waals surface area contributed by atoms with Crippen molar-refractivity contribution < 1.29 is 14.3 Å². The van der Waals surface area contributed by atoms with E-state index in [-0.39, 0.29) is 18.0 Å². The second-order valence-electron chi connectivity index (χ2n) is 7.43. The molecule has 1 unspecified atom stereocenters. The molecule has 1 saturated heterocycles. The zero-order valence-corrected chi connectivity index (χ0v) is 17.1. The van der Waals surface area contributed by atoms with Gasteiger partial charge in [-0.3, -0.25) is 4.79 Å². The van der Waals surface area contributed by atoms with Crippen LogP contribution in [-0.2, 0) is 11.3 Å². The Balaban J connectivity index is 1.26. The molecule has 31 heavy (non-hydrogen) atoms. The van der Waals surface area contributed by atoms with E-state index >= 15 is 0 Å². The number of benzene rings is 2. The lowest BCUT2D eigenvalue weighted by Gasteiger charge is -2.12. The minimum Gasteiger partial charge on any atom is -0.376 e. The van der Waals surface area contributed by atoms with E-state index < -0.39 is 0 Å². The maximum Gasteiger partial charge on any atom is 0.319 e. The van der Waals surface area contributed by atoms with Crippen LogP contribution in [0.2, 0.25) is 0 Å². The van der Waals surface area contributed by atoms with Crippen LogP contribution in [0.3, 0.4) is 0 Å². The molecule has 1 fully saturated rings. The Hall–Kier alpha value is -3.65. The first kappa shape index (κ1) is 20.6. The molecule has 4 rings (SSSR count). The number of carbonyl (C=O) groups is 2. The summed E-state index contributed by atoms with van der Waals surface area (Å²) in [7, 11) is 0. The van der Waals surface area contributed by atoms with Crippen molar-refractivity contribution in [3.63, 3.8) is 0 Å². The summed E-state index contributed by atoms with van der Waals surface area (Å²) < 4.78 is 7.45. The highest BCUT2D eigenvalue weighted by atomic mass is 16.5. The molecule has 1 atom stereocenters. The van der Waals surface area contributed by atoms with E-state index in [4.69, 9.17) is 4.74 Å². The molecule has 3 aromatic rings. The summed E-state index contributed by atoms with van der Waals surface area (Å²) in [5.74, 6) is -0.191. The lowest BCUT2D eigenvalue weighted by molar-refractivity contribution is 0.102. The normalized spacial score (nSPS) is 15.4. The Morgan fingerprint density at radius 1 is 1.03 bits per heavy atom. The zero-order valence-electron chi connectivity index (χ0n) is 17.1. The van der Waals surface area contributed by atoms with Crippen LogP contribution in [0, 0.1) is 0 Å². The predicted octanol–water partition coefficient (Wildman–Crippen LogP) is 3.48. The SMILES string of the molecule is O=C(NCC1CCCO1)Nc1ccc(NC(=O)c2ccc(Cn3ccnc3)cc2)cc1. The first-order valence-electron chi connectivity index (χ1n) is 10.3. The van der Waals surface area contributed by atoms with Crippen LogP contribution in [0.4, 0.5) is 16.2 Å². The van der Waals surface area contributed by atoms with Gasteiger partial charge in [0.1, 0.15) is 0 Å². The topological polar surface area (TPSA) is 97.3 Å². The fourth-order valence-corrected chi connectivity index (χ4v) is 3.38. The van der Waals surface area contributed by atoms with Gasteiger partial charge in [-0.05, 0) is 54.8 Å². The lowest BCUT2D eigenvalue weighted by atomic mass is 10.1. The summed E-state index contributed by atoms with van der Waals surface area (Å²) >= 11 is 0. The van der Waals surface area contributed by atoms with Gasteiger partial charge in [0, 0.05) is 49.0 Å². The van der Waals surface area contributed by atoms with Gasteiger partial charge in [0.15, 0.2) is 0 Å². The van der Waals surface area contributed by atoms with Crippen LogP contribution >= 0.6 is 0 Å². The molecular weight excluding hydrogens is 394 g/mol. The molecule has 1 aromatic heterocycles. The number of nitrogens with zero attached hydrogens (tertiary/aromatic N) is 2. The molecule has 2 heterocycles. The van der Waals surface area contributed by atoms with E-state index in [0.717, 1.165) is 25.0 Å². The summed E-state index contributed by atoms with van der Waals surface area (Å²) in [5.41, 5.74) is 2.96. The monoisotopic (exact) mass is 419 g/mol. The van der Waals surface area contributed by atoms with Crippen molar-refractivity contribution in [1.29, 1.82) is 0 Å². The van der Waals surface area contributed by atoms with Crippen LogP contribution < -0.4 is 16.0 Å². The molecule has 0 aliphatic carbocycles. The van der Waals surface area contributed by atoms with Gasteiger partial charge in [-0.15, -0.1) is 0 Å². The van der Waals surface area contributed by atoms with Crippen molar-refractivity contribution in [2.75, 3.05) is 23.8 Å². The quantitative estimate of drug-likeness (QED) is 0.546. The predicted molar refractivity (Wildman–Crippen MR) is 118 cm³/mol. The molecule has 3 amide bonds. The number of hydrogen-bond donors (Lipinski definition) is 3. The molecule has 8 nitrogen and oxygen atoms in total. The van der Waals surface area contributed by atoms with Gasteiger partial charge in [-0.25, -0.2) is 9.78 Å². The van der Waals surface area contributed by atoms with Gasteiger partial charge in [-0.1, -0.05) is 12.1 Å². The number of nitrogens with one attached hydrogen (secondary N) is 3. The van der Waals surface area contributed by atoms with Gasteiger partial charge in [-0.2, -0.15) is 0 Å². The Kier molecular flexibility index (Phi) is 6.59. The highest BCUT2D eigenvalue weighted by Crippen LogP contribution is 2.16. The maximum absolute atomic E-state index is 12.5. The molecular formula is C23H25N5O3. The van der Waals surface area contributed by atoms with E-state index in [9.17, 15) is 9.59 Å². The summed E-state index contributed by atoms with van der Waals surface area (Å²) in [5, 5.41) is 8.45. The van der Waals surface area contributed by atoms with E-state index in [1.165, 1.54) is 0 Å². The molecule has 0 bridgehead atoms. The van der Waals surface area contributed by atoms with Gasteiger partial charge in [0.2, 0.25) is 0 Å². The summed E-state index contributed by atoms with van der Waals surface area (Å²) in [6, 6.07) is 14.2. The molecule has 0 spiro atoms. The van der Waals surface area contributed by atoms with Crippen molar-refractivity contribution in [1.82, 2.24) is 14.9 Å². The van der Waals surface area contributed by atoms with E-state index in [0.29, 0.717) is 30.0 Å². The Morgan fingerprint density at radius 2 is 1.77 bits per heavy atom. The van der Waals surface area contributed by atoms with Crippen LogP contribution in [0.15, 0.2) is 67.3 Å². The molecule has 1 aliphatic rings. The second kappa shape index (κ2) is 9.90. The van der Waals surface area contributed by atoms with Crippen LogP contribution in [0.1, 0.15) is 28.8 Å². The summed E-state index contributed by atoms with van der Waals surface area (Å²) in [4.78, 5) is 28.5. The lowest BCUT2D eigenvalue weighted by Crippen LogP contribution is -2.35. The number of aromatic nitrogens is 2. The van der Waals surface area contributed by atoms with E-state index in [1.54, 1.807) is 48.9 Å². The minimum atomic E-state index is -0.275. The molecule has 2 aromatic carbocycles. The average Bonchev–Trinajstić information content (AvgIpc) is 3.48. The van der Waals surface area contributed by atoms with E-state index in [2.05, 4.69) is 20.9 Å². The Morgan fingerprint density at radius 3 is 2.42 bits per heavy atom. The number of amides is 3. The van der Waals surface area contributed by atoms with Crippen LogP contribution in [0.5, 0.6) is 0 Å². The number of rotatable bonds is 7. The van der Waals surface area contributed by atoms with E-state index in [1.807, 2.05) is 22.9 Å². The van der Waals surface area contributed by atoms with Gasteiger partial charge >= 0.3 is 6.03 Å².